The molecule has 0 saturated heterocycles. The van der Waals surface area contributed by atoms with Crippen molar-refractivity contribution in [3.63, 3.8) is 0 Å². The van der Waals surface area contributed by atoms with Crippen LogP contribution in [-0.4, -0.2) is 31.3 Å². The van der Waals surface area contributed by atoms with Crippen LogP contribution in [0.3, 0.4) is 0 Å². The molecule has 0 aliphatic carbocycles. The number of hydrogen-bond donors (Lipinski definition) is 2. The third-order valence-corrected chi connectivity index (χ3v) is 5.28. The van der Waals surface area contributed by atoms with Crippen LogP contribution in [0.25, 0.3) is 0 Å². The zero-order valence-electron chi connectivity index (χ0n) is 13.2. The van der Waals surface area contributed by atoms with Gasteiger partial charge in [0.25, 0.3) is 0 Å². The summed E-state index contributed by atoms with van der Waals surface area (Å²) in [5.74, 6) is -0.768. The second-order valence-corrected chi connectivity index (χ2v) is 7.53. The predicted octanol–water partition coefficient (Wildman–Crippen LogP) is 2.43. The van der Waals surface area contributed by atoms with Crippen molar-refractivity contribution in [2.24, 2.45) is 5.92 Å². The molecule has 0 spiro atoms. The molecule has 0 amide bonds. The molecule has 0 fully saturated rings. The fraction of sp³-hybridized carbons (Fsp3) is 0.562. The minimum absolute atomic E-state index is 0.0522. The van der Waals surface area contributed by atoms with Gasteiger partial charge in [0.15, 0.2) is 0 Å². The van der Waals surface area contributed by atoms with Crippen LogP contribution in [-0.2, 0) is 21.2 Å². The third kappa shape index (κ3) is 7.56. The summed E-state index contributed by atoms with van der Waals surface area (Å²) >= 11 is 0. The van der Waals surface area contributed by atoms with Crippen molar-refractivity contribution in [1.82, 2.24) is 4.72 Å². The Morgan fingerprint density at radius 1 is 1.27 bits per heavy atom. The van der Waals surface area contributed by atoms with E-state index >= 15 is 0 Å². The first-order chi connectivity index (χ1) is 10.3. The topological polar surface area (TPSA) is 83.5 Å². The van der Waals surface area contributed by atoms with Crippen LogP contribution in [0.5, 0.6) is 0 Å². The molecule has 0 heterocycles. The van der Waals surface area contributed by atoms with E-state index in [1.807, 2.05) is 44.2 Å². The zero-order chi connectivity index (χ0) is 16.6. The largest absolute Gasteiger partial charge is 0.481 e. The van der Waals surface area contributed by atoms with Crippen molar-refractivity contribution in [2.75, 3.05) is 5.75 Å². The molecule has 22 heavy (non-hydrogen) atoms. The molecule has 1 aromatic rings. The smallest absolute Gasteiger partial charge is 0.303 e. The number of sulfonamides is 1. The van der Waals surface area contributed by atoms with Crippen molar-refractivity contribution in [2.45, 2.75) is 45.6 Å². The number of rotatable bonds is 10. The van der Waals surface area contributed by atoms with Gasteiger partial charge in [-0.3, -0.25) is 4.79 Å². The maximum atomic E-state index is 12.2. The fourth-order valence-electron chi connectivity index (χ4n) is 2.19. The lowest BCUT2D eigenvalue weighted by Crippen LogP contribution is -2.39. The Morgan fingerprint density at radius 3 is 2.45 bits per heavy atom. The van der Waals surface area contributed by atoms with Gasteiger partial charge in [0, 0.05) is 12.5 Å². The van der Waals surface area contributed by atoms with E-state index in [1.165, 1.54) is 0 Å². The second kappa shape index (κ2) is 8.90. The molecule has 0 saturated carbocycles. The summed E-state index contributed by atoms with van der Waals surface area (Å²) in [6.45, 7) is 3.84. The summed E-state index contributed by atoms with van der Waals surface area (Å²) in [6, 6.07) is 9.10. The average Bonchev–Trinajstić information content (AvgIpc) is 2.44. The van der Waals surface area contributed by atoms with Crippen LogP contribution in [0.4, 0.5) is 0 Å². The molecular formula is C16H25NO4S. The van der Waals surface area contributed by atoms with Crippen molar-refractivity contribution in [3.05, 3.63) is 35.9 Å². The molecular weight excluding hydrogens is 302 g/mol. The third-order valence-electron chi connectivity index (χ3n) is 3.58. The first-order valence-corrected chi connectivity index (χ1v) is 9.23. The maximum Gasteiger partial charge on any atom is 0.303 e. The Hall–Kier alpha value is -1.40. The van der Waals surface area contributed by atoms with E-state index in [4.69, 9.17) is 5.11 Å². The molecule has 2 unspecified atom stereocenters. The van der Waals surface area contributed by atoms with Crippen LogP contribution in [0.2, 0.25) is 0 Å². The number of carboxylic acids is 1. The molecule has 0 bridgehead atoms. The lowest BCUT2D eigenvalue weighted by Gasteiger charge is -2.19. The minimum atomic E-state index is -3.40. The van der Waals surface area contributed by atoms with Crippen LogP contribution in [0.1, 0.15) is 38.7 Å². The molecule has 0 aliphatic rings. The monoisotopic (exact) mass is 327 g/mol. The Morgan fingerprint density at radius 2 is 1.91 bits per heavy atom. The molecule has 6 heteroatoms. The maximum absolute atomic E-state index is 12.2. The molecule has 5 nitrogen and oxygen atoms in total. The highest BCUT2D eigenvalue weighted by molar-refractivity contribution is 7.89. The molecule has 1 aromatic carbocycles. The van der Waals surface area contributed by atoms with E-state index in [-0.39, 0.29) is 24.5 Å². The van der Waals surface area contributed by atoms with E-state index in [9.17, 15) is 13.2 Å². The van der Waals surface area contributed by atoms with Gasteiger partial charge in [-0.25, -0.2) is 13.1 Å². The van der Waals surface area contributed by atoms with E-state index in [2.05, 4.69) is 4.72 Å². The number of nitrogens with one attached hydrogen (secondary N) is 1. The standard InChI is InChI=1S/C16H25NO4S/c1-3-13(2)12-22(20,21)17-15(9-10-16(18)19)11-14-7-5-4-6-8-14/h4-8,13,15,17H,3,9-12H2,1-2H3,(H,18,19). The summed E-state index contributed by atoms with van der Waals surface area (Å²) in [6.07, 6.45) is 1.51. The number of carbonyl (C=O) groups is 1. The summed E-state index contributed by atoms with van der Waals surface area (Å²) in [7, 11) is -3.40. The fourth-order valence-corrected chi connectivity index (χ4v) is 3.98. The summed E-state index contributed by atoms with van der Waals surface area (Å²) in [5.41, 5.74) is 0.990. The Kier molecular flexibility index (Phi) is 7.55. The van der Waals surface area contributed by atoms with Gasteiger partial charge in [0.1, 0.15) is 0 Å². The molecule has 2 N–H and O–H groups in total. The van der Waals surface area contributed by atoms with Crippen LogP contribution in [0, 0.1) is 5.92 Å². The molecule has 1 rings (SSSR count). The predicted molar refractivity (Wildman–Crippen MR) is 87.2 cm³/mol. The van der Waals surface area contributed by atoms with E-state index in [0.717, 1.165) is 12.0 Å². The number of benzene rings is 1. The van der Waals surface area contributed by atoms with Gasteiger partial charge in [-0.15, -0.1) is 0 Å². The Labute approximate surface area is 132 Å². The van der Waals surface area contributed by atoms with Crippen molar-refractivity contribution < 1.29 is 18.3 Å². The van der Waals surface area contributed by atoms with Gasteiger partial charge < -0.3 is 5.11 Å². The number of aliphatic carboxylic acids is 1. The zero-order valence-corrected chi connectivity index (χ0v) is 14.0. The molecule has 0 radical (unpaired) electrons. The molecule has 124 valence electrons. The van der Waals surface area contributed by atoms with Gasteiger partial charge >= 0.3 is 5.97 Å². The van der Waals surface area contributed by atoms with Gasteiger partial charge in [-0.05, 0) is 24.3 Å². The molecule has 2 atom stereocenters. The SMILES string of the molecule is CCC(C)CS(=O)(=O)NC(CCC(=O)O)Cc1ccccc1. The lowest BCUT2D eigenvalue weighted by molar-refractivity contribution is -0.137. The van der Waals surface area contributed by atoms with Crippen molar-refractivity contribution in [3.8, 4) is 0 Å². The van der Waals surface area contributed by atoms with Crippen LogP contribution in [0.15, 0.2) is 30.3 Å². The Bertz CT molecular complexity index is 557. The molecule has 0 aromatic heterocycles. The first kappa shape index (κ1) is 18.6. The quantitative estimate of drug-likeness (QED) is 0.691. The number of hydrogen-bond acceptors (Lipinski definition) is 3. The van der Waals surface area contributed by atoms with Crippen molar-refractivity contribution >= 4 is 16.0 Å². The highest BCUT2D eigenvalue weighted by Gasteiger charge is 2.21. The summed E-state index contributed by atoms with van der Waals surface area (Å²) < 4.78 is 27.0. The normalized spacial score (nSPS) is 14.5. The summed E-state index contributed by atoms with van der Waals surface area (Å²) in [4.78, 5) is 10.8. The highest BCUT2D eigenvalue weighted by Crippen LogP contribution is 2.11. The highest BCUT2D eigenvalue weighted by atomic mass is 32.2. The minimum Gasteiger partial charge on any atom is -0.481 e. The van der Waals surface area contributed by atoms with E-state index < -0.39 is 22.0 Å². The summed E-state index contributed by atoms with van der Waals surface area (Å²) in [5, 5.41) is 8.83. The second-order valence-electron chi connectivity index (χ2n) is 5.73. The number of carboxylic acid groups (broad SMARTS) is 1. The van der Waals surface area contributed by atoms with Crippen LogP contribution < -0.4 is 4.72 Å². The van der Waals surface area contributed by atoms with Crippen molar-refractivity contribution in [1.29, 1.82) is 0 Å². The van der Waals surface area contributed by atoms with E-state index in [0.29, 0.717) is 6.42 Å². The van der Waals surface area contributed by atoms with E-state index in [1.54, 1.807) is 0 Å². The van der Waals surface area contributed by atoms with Gasteiger partial charge in [0.05, 0.1) is 5.75 Å². The van der Waals surface area contributed by atoms with Gasteiger partial charge in [-0.2, -0.15) is 0 Å². The first-order valence-electron chi connectivity index (χ1n) is 7.58. The Balaban J connectivity index is 2.74. The van der Waals surface area contributed by atoms with Gasteiger partial charge in [-0.1, -0.05) is 50.6 Å². The van der Waals surface area contributed by atoms with Crippen LogP contribution >= 0.6 is 0 Å². The average molecular weight is 327 g/mol. The lowest BCUT2D eigenvalue weighted by atomic mass is 10.0. The molecule has 0 aliphatic heterocycles. The van der Waals surface area contributed by atoms with Gasteiger partial charge in [0.2, 0.25) is 10.0 Å².